The summed E-state index contributed by atoms with van der Waals surface area (Å²) in [7, 11) is 0.179. The highest BCUT2D eigenvalue weighted by Gasteiger charge is 2.34. The third-order valence-corrected chi connectivity index (χ3v) is 10.9. The number of benzene rings is 2. The van der Waals surface area contributed by atoms with Gasteiger partial charge >= 0.3 is 5.97 Å². The number of aromatic nitrogens is 3. The molecular formula is C37H42N4O5S. The summed E-state index contributed by atoms with van der Waals surface area (Å²) in [6.07, 6.45) is 11.7. The molecule has 2 aromatic carbocycles. The van der Waals surface area contributed by atoms with Gasteiger partial charge in [-0.3, -0.25) is 9.52 Å². The van der Waals surface area contributed by atoms with Gasteiger partial charge in [-0.1, -0.05) is 25.3 Å². The number of imidazole rings is 1. The van der Waals surface area contributed by atoms with Crippen LogP contribution in [0.15, 0.2) is 42.7 Å². The predicted octanol–water partition coefficient (Wildman–Crippen LogP) is 7.43. The van der Waals surface area contributed by atoms with Crippen LogP contribution in [0.1, 0.15) is 115 Å². The number of hydrogen-bond donors (Lipinski definition) is 1. The molecule has 47 heavy (non-hydrogen) atoms. The highest BCUT2D eigenvalue weighted by atomic mass is 32.2. The molecular weight excluding hydrogens is 612 g/mol. The summed E-state index contributed by atoms with van der Waals surface area (Å²) in [4.78, 5) is 31.7. The third kappa shape index (κ3) is 5.81. The Morgan fingerprint density at radius 2 is 1.85 bits per heavy atom. The number of amides is 1. The number of carbonyl (C=O) groups is 2. The zero-order chi connectivity index (χ0) is 32.8. The molecule has 2 aliphatic carbocycles. The fourth-order valence-electron chi connectivity index (χ4n) is 7.22. The average molecular weight is 655 g/mol. The predicted molar refractivity (Wildman–Crippen MR) is 185 cm³/mol. The van der Waals surface area contributed by atoms with E-state index in [-0.39, 0.29) is 29.8 Å². The van der Waals surface area contributed by atoms with E-state index in [1.165, 1.54) is 24.8 Å². The summed E-state index contributed by atoms with van der Waals surface area (Å²) < 4.78 is 30.8. The van der Waals surface area contributed by atoms with Crippen molar-refractivity contribution in [3.05, 3.63) is 70.8 Å². The lowest BCUT2D eigenvalue weighted by Gasteiger charge is -2.24. The molecule has 1 atom stereocenters. The molecule has 246 valence electrons. The van der Waals surface area contributed by atoms with Crippen LogP contribution in [-0.2, 0) is 22.3 Å². The number of carbonyl (C=O) groups excluding carboxylic acids is 2. The minimum atomic E-state index is -1.49. The summed E-state index contributed by atoms with van der Waals surface area (Å²) in [5.74, 6) is 0.377. The van der Waals surface area contributed by atoms with Gasteiger partial charge in [0.2, 0.25) is 0 Å². The van der Waals surface area contributed by atoms with Crippen LogP contribution in [0.3, 0.4) is 0 Å². The van der Waals surface area contributed by atoms with Crippen molar-refractivity contribution < 1.29 is 23.3 Å². The first-order valence-electron chi connectivity index (χ1n) is 16.8. The largest absolute Gasteiger partial charge is 0.497 e. The van der Waals surface area contributed by atoms with Gasteiger partial charge in [0.25, 0.3) is 5.91 Å². The van der Waals surface area contributed by atoms with Crippen LogP contribution >= 0.6 is 0 Å². The minimum Gasteiger partial charge on any atom is -0.497 e. The first kappa shape index (κ1) is 31.4. The normalized spacial score (nSPS) is 17.1. The van der Waals surface area contributed by atoms with Crippen molar-refractivity contribution in [2.45, 2.75) is 89.5 Å². The van der Waals surface area contributed by atoms with Gasteiger partial charge in [0.15, 0.2) is 5.69 Å². The molecule has 2 aromatic heterocycles. The van der Waals surface area contributed by atoms with E-state index < -0.39 is 11.0 Å². The van der Waals surface area contributed by atoms with Crippen molar-refractivity contribution in [2.24, 2.45) is 0 Å². The highest BCUT2D eigenvalue weighted by Crippen LogP contribution is 2.48. The van der Waals surface area contributed by atoms with Crippen LogP contribution in [-0.4, -0.2) is 49.2 Å². The molecule has 7 rings (SSSR count). The third-order valence-electron chi connectivity index (χ3n) is 9.68. The Hall–Kier alpha value is -4.18. The number of nitrogens with zero attached hydrogens (tertiary/aromatic N) is 3. The number of rotatable bonds is 9. The van der Waals surface area contributed by atoms with Crippen molar-refractivity contribution >= 4 is 45.4 Å². The summed E-state index contributed by atoms with van der Waals surface area (Å²) in [6.45, 7) is 6.17. The van der Waals surface area contributed by atoms with E-state index in [4.69, 9.17) is 14.5 Å². The molecule has 3 heterocycles. The van der Waals surface area contributed by atoms with Crippen LogP contribution in [0.2, 0.25) is 0 Å². The Balaban J connectivity index is 1.47. The van der Waals surface area contributed by atoms with Crippen LogP contribution in [0.25, 0.3) is 33.8 Å². The van der Waals surface area contributed by atoms with Crippen LogP contribution in [0.5, 0.6) is 5.75 Å². The zero-order valence-electron chi connectivity index (χ0n) is 27.5. The fraction of sp³-hybridized carbons (Fsp3) is 0.432. The molecule has 10 heteroatoms. The number of hydrogen-bond acceptors (Lipinski definition) is 6. The van der Waals surface area contributed by atoms with E-state index in [0.717, 1.165) is 64.7 Å². The van der Waals surface area contributed by atoms with Gasteiger partial charge in [-0.15, -0.1) is 0 Å². The maximum absolute atomic E-state index is 13.5. The van der Waals surface area contributed by atoms with Crippen molar-refractivity contribution in [2.75, 3.05) is 13.7 Å². The summed E-state index contributed by atoms with van der Waals surface area (Å²) in [5, 5.41) is 0.918. The van der Waals surface area contributed by atoms with Gasteiger partial charge in [-0.25, -0.2) is 14.0 Å². The monoisotopic (exact) mass is 654 g/mol. The van der Waals surface area contributed by atoms with E-state index in [1.807, 2.05) is 43.5 Å². The quantitative estimate of drug-likeness (QED) is 0.188. The van der Waals surface area contributed by atoms with Gasteiger partial charge in [-0.2, -0.15) is 0 Å². The molecule has 0 radical (unpaired) electrons. The van der Waals surface area contributed by atoms with Crippen LogP contribution in [0.4, 0.5) is 0 Å². The molecule has 1 amide bonds. The topological polar surface area (TPSA) is 104 Å². The van der Waals surface area contributed by atoms with Crippen LogP contribution < -0.4 is 9.46 Å². The van der Waals surface area contributed by atoms with Crippen molar-refractivity contribution in [1.82, 2.24) is 18.8 Å². The Morgan fingerprint density at radius 3 is 2.55 bits per heavy atom. The molecule has 4 aromatic rings. The zero-order valence-corrected chi connectivity index (χ0v) is 28.3. The smallest absolute Gasteiger partial charge is 0.357 e. The maximum Gasteiger partial charge on any atom is 0.357 e. The molecule has 1 unspecified atom stereocenters. The van der Waals surface area contributed by atoms with Crippen LogP contribution in [0, 0.1) is 0 Å². The molecule has 0 bridgehead atoms. The SMILES string of the molecule is CCOC(=O)c1c(C2=Cc3cc(OC)ccc3-c3c(C4CCCCC4)c4ccc(C(=O)NS(=O)C(C)C)cc4n3C2)ncn1C1CC1. The van der Waals surface area contributed by atoms with Gasteiger partial charge in [0, 0.05) is 38.9 Å². The number of ether oxygens (including phenoxy) is 2. The molecule has 1 N–H and O–H groups in total. The molecule has 3 aliphatic rings. The molecule has 2 fully saturated rings. The van der Waals surface area contributed by atoms with Crippen molar-refractivity contribution in [3.63, 3.8) is 0 Å². The van der Waals surface area contributed by atoms with E-state index in [2.05, 4.69) is 33.6 Å². The number of allylic oxidation sites excluding steroid dienone is 1. The average Bonchev–Trinajstić information content (AvgIpc) is 3.78. The molecule has 2 saturated carbocycles. The molecule has 0 spiro atoms. The molecule has 9 nitrogen and oxygen atoms in total. The summed E-state index contributed by atoms with van der Waals surface area (Å²) in [5.41, 5.74) is 7.83. The molecule has 1 aliphatic heterocycles. The number of fused-ring (bicyclic) bond motifs is 5. The summed E-state index contributed by atoms with van der Waals surface area (Å²) >= 11 is 0. The minimum absolute atomic E-state index is 0.199. The Morgan fingerprint density at radius 1 is 1.06 bits per heavy atom. The van der Waals surface area contributed by atoms with Gasteiger partial charge < -0.3 is 18.6 Å². The lowest BCUT2D eigenvalue weighted by atomic mass is 9.81. The number of esters is 1. The van der Waals surface area contributed by atoms with E-state index in [9.17, 15) is 13.8 Å². The fourth-order valence-corrected chi connectivity index (χ4v) is 7.76. The summed E-state index contributed by atoms with van der Waals surface area (Å²) in [6, 6.07) is 12.3. The Labute approximate surface area is 277 Å². The lowest BCUT2D eigenvalue weighted by Crippen LogP contribution is -2.30. The standard InChI is InChI=1S/C37H42N4O5S/c1-5-46-37(43)35-33(38-21-41(35)27-12-13-27)26-17-25-18-28(45-4)14-16-29(25)34-32(23-9-7-6-8-10-23)30-15-11-24(19-31(30)40(34)20-26)36(42)39-47(44)22(2)3/h11,14-19,21-23,27H,5-10,12-13,20H2,1-4H3,(H,39,42). The molecule has 0 saturated heterocycles. The van der Waals surface area contributed by atoms with E-state index in [0.29, 0.717) is 29.4 Å². The highest BCUT2D eigenvalue weighted by molar-refractivity contribution is 7.84. The lowest BCUT2D eigenvalue weighted by molar-refractivity contribution is 0.0513. The first-order valence-corrected chi connectivity index (χ1v) is 18.0. The second-order valence-corrected chi connectivity index (χ2v) is 14.9. The maximum atomic E-state index is 13.5. The van der Waals surface area contributed by atoms with Crippen molar-refractivity contribution in [3.8, 4) is 17.0 Å². The van der Waals surface area contributed by atoms with Gasteiger partial charge in [-0.05, 0) is 99.9 Å². The van der Waals surface area contributed by atoms with Gasteiger partial charge in [0.1, 0.15) is 22.4 Å². The van der Waals surface area contributed by atoms with Gasteiger partial charge in [0.05, 0.1) is 32.3 Å². The number of methoxy groups -OCH3 is 1. The first-order chi connectivity index (χ1) is 22.8. The Kier molecular flexibility index (Phi) is 8.55. The van der Waals surface area contributed by atoms with E-state index >= 15 is 0 Å². The van der Waals surface area contributed by atoms with Crippen molar-refractivity contribution in [1.29, 1.82) is 0 Å². The van der Waals surface area contributed by atoms with E-state index in [1.54, 1.807) is 13.4 Å². The number of nitrogens with one attached hydrogen (secondary N) is 1. The second kappa shape index (κ2) is 12.8. The second-order valence-electron chi connectivity index (χ2n) is 13.1. The Bertz CT molecular complexity index is 1930.